The molecular weight excluding hydrogens is 1050 g/mol. The van der Waals surface area contributed by atoms with Crippen molar-refractivity contribution in [2.24, 2.45) is 0 Å². The molecule has 0 saturated heterocycles. The van der Waals surface area contributed by atoms with Crippen LogP contribution in [0.2, 0.25) is 0 Å². The van der Waals surface area contributed by atoms with Crippen molar-refractivity contribution in [3.05, 3.63) is 321 Å². The lowest BCUT2D eigenvalue weighted by Gasteiger charge is -2.45. The quantitative estimate of drug-likeness (QED) is 0.127. The van der Waals surface area contributed by atoms with Gasteiger partial charge in [0.1, 0.15) is 0 Å². The Morgan fingerprint density at radius 3 is 1.53 bits per heavy atom. The first-order chi connectivity index (χ1) is 48.6. The lowest BCUT2D eigenvalue weighted by atomic mass is 9.33. The van der Waals surface area contributed by atoms with E-state index < -0.39 is 72.6 Å². The molecule has 0 N–H and O–H groups in total. The Morgan fingerprint density at radius 2 is 0.874 bits per heavy atom. The minimum absolute atomic E-state index is 0.0629. The van der Waals surface area contributed by atoms with E-state index in [-0.39, 0.29) is 46.3 Å². The molecule has 0 spiro atoms. The zero-order valence-corrected chi connectivity index (χ0v) is 47.8. The first-order valence-electron chi connectivity index (χ1n) is 36.1. The third-order valence-electron chi connectivity index (χ3n) is 16.9. The Morgan fingerprint density at radius 1 is 0.333 bits per heavy atom. The number of hydrogen-bond donors (Lipinski definition) is 0. The standard InChI is InChI=1S/C82H61BN4/c1-82(2,3)64-52-79-81-80(53-64)87(70-49-62(58-29-14-6-15-30-58)47-63(50-70)59-31-16-7-17-32-59)77-51-61(57-27-12-5-13-28-57)41-44-73(77)83(81)74-45-42-69(55-78(74)86(79)67-38-24-33-60(48-67)56-25-10-4-11-26-56)85-75-40-23-22-39-71(75)72-54-68(43-46-76(72)85)84(65-34-18-8-19-35-65)66-36-20-9-21-37-66/h4-55H,1-3H3/i5D,8D,12D,13D,18D,19D,22D,23D,27D,28D,34D,35D,39D,40D. The summed E-state index contributed by atoms with van der Waals surface area (Å²) >= 11 is 0. The van der Waals surface area contributed by atoms with Crippen LogP contribution in [0.5, 0.6) is 0 Å². The molecule has 2 aliphatic rings. The first kappa shape index (κ1) is 38.9. The highest BCUT2D eigenvalue weighted by Crippen LogP contribution is 2.50. The molecule has 2 aliphatic heterocycles. The highest BCUT2D eigenvalue weighted by molar-refractivity contribution is 7.00. The van der Waals surface area contributed by atoms with E-state index in [0.29, 0.717) is 39.2 Å². The van der Waals surface area contributed by atoms with E-state index in [1.165, 1.54) is 0 Å². The molecule has 0 radical (unpaired) electrons. The van der Waals surface area contributed by atoms with E-state index in [0.717, 1.165) is 83.8 Å². The predicted octanol–water partition coefficient (Wildman–Crippen LogP) is 20.3. The Hall–Kier alpha value is -10.9. The molecule has 0 bridgehead atoms. The van der Waals surface area contributed by atoms with Crippen molar-refractivity contribution in [3.63, 3.8) is 0 Å². The van der Waals surface area contributed by atoms with Crippen LogP contribution in [-0.2, 0) is 5.41 Å². The van der Waals surface area contributed by atoms with Crippen LogP contribution in [0, 0.1) is 0 Å². The van der Waals surface area contributed by atoms with Gasteiger partial charge in [0.05, 0.1) is 30.2 Å². The first-order valence-corrected chi connectivity index (χ1v) is 29.1. The van der Waals surface area contributed by atoms with Crippen LogP contribution in [0.3, 0.4) is 0 Å². The summed E-state index contributed by atoms with van der Waals surface area (Å²) in [5, 5.41) is 0.621. The summed E-state index contributed by atoms with van der Waals surface area (Å²) in [6.45, 7) is 6.03. The Balaban J connectivity index is 1.01. The normalized spacial score (nSPS) is 14.7. The smallest absolute Gasteiger partial charge is 0.252 e. The molecule has 0 unspecified atom stereocenters. The molecule has 13 aromatic carbocycles. The van der Waals surface area contributed by atoms with Crippen LogP contribution in [0.15, 0.2) is 315 Å². The molecule has 0 aliphatic carbocycles. The summed E-state index contributed by atoms with van der Waals surface area (Å²) in [7, 11) is 0. The van der Waals surface area contributed by atoms with Crippen molar-refractivity contribution < 1.29 is 19.2 Å². The van der Waals surface area contributed by atoms with Gasteiger partial charge in [-0.25, -0.2) is 0 Å². The Kier molecular flexibility index (Phi) is 9.39. The van der Waals surface area contributed by atoms with Crippen LogP contribution in [0.1, 0.15) is 45.5 Å². The highest BCUT2D eigenvalue weighted by Gasteiger charge is 2.45. The highest BCUT2D eigenvalue weighted by atomic mass is 15.2. The summed E-state index contributed by atoms with van der Waals surface area (Å²) < 4.78 is 129. The largest absolute Gasteiger partial charge is 0.311 e. The van der Waals surface area contributed by atoms with Crippen LogP contribution < -0.4 is 31.1 Å². The van der Waals surface area contributed by atoms with Gasteiger partial charge in [-0.15, -0.1) is 0 Å². The second-order valence-electron chi connectivity index (χ2n) is 23.1. The maximum Gasteiger partial charge on any atom is 0.252 e. The van der Waals surface area contributed by atoms with Gasteiger partial charge in [0, 0.05) is 67.6 Å². The summed E-state index contributed by atoms with van der Waals surface area (Å²) in [5.41, 5.74) is 16.4. The van der Waals surface area contributed by atoms with Crippen LogP contribution in [0.25, 0.3) is 72.0 Å². The van der Waals surface area contributed by atoms with E-state index in [4.69, 9.17) is 8.22 Å². The van der Waals surface area contributed by atoms with Crippen molar-refractivity contribution in [1.29, 1.82) is 0 Å². The number of anilines is 9. The van der Waals surface area contributed by atoms with Gasteiger partial charge in [0.2, 0.25) is 0 Å². The van der Waals surface area contributed by atoms with Crippen molar-refractivity contribution >= 4 is 96.1 Å². The fourth-order valence-corrected chi connectivity index (χ4v) is 12.9. The third kappa shape index (κ3) is 9.01. The van der Waals surface area contributed by atoms with Crippen molar-refractivity contribution in [3.8, 4) is 50.2 Å². The number of rotatable bonds is 10. The minimum Gasteiger partial charge on any atom is -0.311 e. The Bertz CT molecular complexity index is 5670. The van der Waals surface area contributed by atoms with E-state index in [1.54, 1.807) is 41.3 Å². The van der Waals surface area contributed by atoms with Gasteiger partial charge in [-0.05, 0) is 181 Å². The third-order valence-corrected chi connectivity index (χ3v) is 16.9. The van der Waals surface area contributed by atoms with Crippen molar-refractivity contribution in [2.45, 2.75) is 26.2 Å². The van der Waals surface area contributed by atoms with E-state index >= 15 is 0 Å². The molecule has 5 heteroatoms. The number of aromatic nitrogens is 1. The van der Waals surface area contributed by atoms with E-state index in [9.17, 15) is 11.0 Å². The van der Waals surface area contributed by atoms with Crippen molar-refractivity contribution in [2.75, 3.05) is 14.7 Å². The van der Waals surface area contributed by atoms with Crippen LogP contribution in [-0.4, -0.2) is 11.3 Å². The molecule has 1 aromatic heterocycles. The molecule has 0 amide bonds. The second-order valence-corrected chi connectivity index (χ2v) is 23.1. The van der Waals surface area contributed by atoms with E-state index in [1.807, 2.05) is 95.6 Å². The van der Waals surface area contributed by atoms with Gasteiger partial charge in [-0.1, -0.05) is 227 Å². The molecule has 0 saturated carbocycles. The van der Waals surface area contributed by atoms with E-state index in [2.05, 4.69) is 134 Å². The summed E-state index contributed by atoms with van der Waals surface area (Å²) in [6, 6.07) is 70.6. The zero-order chi connectivity index (χ0) is 70.4. The maximum absolute atomic E-state index is 9.85. The number of hydrogen-bond acceptors (Lipinski definition) is 3. The molecule has 4 nitrogen and oxygen atoms in total. The molecule has 412 valence electrons. The van der Waals surface area contributed by atoms with Crippen LogP contribution in [0.4, 0.5) is 51.2 Å². The molecule has 87 heavy (non-hydrogen) atoms. The topological polar surface area (TPSA) is 14.7 Å². The number of nitrogens with zero attached hydrogens (tertiary/aromatic N) is 4. The Labute approximate surface area is 529 Å². The molecule has 0 fully saturated rings. The van der Waals surface area contributed by atoms with Crippen molar-refractivity contribution in [1.82, 2.24) is 4.57 Å². The fourth-order valence-electron chi connectivity index (χ4n) is 12.9. The molecule has 14 aromatic rings. The predicted molar refractivity (Wildman–Crippen MR) is 370 cm³/mol. The lowest BCUT2D eigenvalue weighted by Crippen LogP contribution is -2.61. The summed E-state index contributed by atoms with van der Waals surface area (Å²) in [5.74, 6) is 0. The van der Waals surface area contributed by atoms with Gasteiger partial charge in [-0.2, -0.15) is 0 Å². The summed E-state index contributed by atoms with van der Waals surface area (Å²) in [4.78, 5) is 6.17. The van der Waals surface area contributed by atoms with Crippen LogP contribution >= 0.6 is 0 Å². The van der Waals surface area contributed by atoms with Gasteiger partial charge in [0.15, 0.2) is 0 Å². The number of fused-ring (bicyclic) bond motifs is 7. The van der Waals surface area contributed by atoms with Gasteiger partial charge in [-0.3, -0.25) is 0 Å². The van der Waals surface area contributed by atoms with Gasteiger partial charge < -0.3 is 19.3 Å². The SMILES string of the molecule is [2H]c1c([2H])c([2H])c(-c2ccc3c(c2)N(c2cc(-c4ccccc4)cc(-c4ccccc4)c2)c2cc(C(C)(C)C)cc4c2B3c2ccc(-n3c5ccc(N(c6ccccc6)c6c([2H])c([2H])c([2H])c([2H])c6[2H])cc5c5c([2H])c([2H])c([2H])c([2H])c53)cc2N4c2cccc(-c3ccccc3)c2)c([2H])c1[2H]. The van der Waals surface area contributed by atoms with Gasteiger partial charge >= 0.3 is 0 Å². The molecule has 16 rings (SSSR count). The minimum atomic E-state index is -0.546. The van der Waals surface area contributed by atoms with Gasteiger partial charge in [0.25, 0.3) is 6.71 Å². The molecule has 3 heterocycles. The number of benzene rings is 13. The summed E-state index contributed by atoms with van der Waals surface area (Å²) in [6.07, 6.45) is 0. The second kappa shape index (κ2) is 21.0. The zero-order valence-electron chi connectivity index (χ0n) is 61.8. The average molecular weight is 1130 g/mol. The monoisotopic (exact) mass is 1130 g/mol. The lowest BCUT2D eigenvalue weighted by molar-refractivity contribution is 0.590. The molecular formula is C82H61BN4. The number of para-hydroxylation sites is 3. The molecule has 0 atom stereocenters. The maximum atomic E-state index is 9.85. The fraction of sp³-hybridized carbons (Fsp3) is 0.0488. The average Bonchev–Trinajstić information content (AvgIpc) is 1.42.